The molecule has 1 aromatic heterocycles. The Kier molecular flexibility index (Phi) is 2.90. The lowest BCUT2D eigenvalue weighted by Gasteiger charge is -2.02. The third kappa shape index (κ3) is 1.92. The largest absolute Gasteiger partial charge is 0.384 e. The minimum absolute atomic E-state index is 0.0429. The molecule has 1 heterocycles. The minimum atomic E-state index is -0.490. The number of hydrogen-bond donors (Lipinski definition) is 1. The van der Waals surface area contributed by atoms with Crippen LogP contribution in [0.5, 0.6) is 0 Å². The highest BCUT2D eigenvalue weighted by atomic mass is 79.9. The summed E-state index contributed by atoms with van der Waals surface area (Å²) >= 11 is 9.08. The molecule has 2 rings (SSSR count). The molecule has 84 valence electrons. The predicted octanol–water partition coefficient (Wildman–Crippen LogP) is 3.22. The molecule has 0 saturated heterocycles. The fourth-order valence-corrected chi connectivity index (χ4v) is 1.99. The van der Waals surface area contributed by atoms with Gasteiger partial charge in [-0.25, -0.2) is 4.39 Å². The van der Waals surface area contributed by atoms with E-state index >= 15 is 0 Å². The van der Waals surface area contributed by atoms with Crippen molar-refractivity contribution in [3.8, 4) is 11.3 Å². The summed E-state index contributed by atoms with van der Waals surface area (Å²) < 4.78 is 15.5. The van der Waals surface area contributed by atoms with Crippen molar-refractivity contribution in [3.63, 3.8) is 0 Å². The molecule has 0 aliphatic rings. The molecule has 2 N–H and O–H groups in total. The minimum Gasteiger partial charge on any atom is -0.384 e. The third-order valence-electron chi connectivity index (χ3n) is 2.18. The van der Waals surface area contributed by atoms with E-state index in [9.17, 15) is 4.39 Å². The smallest absolute Gasteiger partial charge is 0.143 e. The van der Waals surface area contributed by atoms with Gasteiger partial charge in [-0.3, -0.25) is 4.68 Å². The van der Waals surface area contributed by atoms with E-state index in [1.165, 1.54) is 10.7 Å². The predicted molar refractivity (Wildman–Crippen MR) is 65.7 cm³/mol. The highest BCUT2D eigenvalue weighted by Gasteiger charge is 2.13. The van der Waals surface area contributed by atoms with Crippen molar-refractivity contribution in [2.24, 2.45) is 7.05 Å². The van der Waals surface area contributed by atoms with Gasteiger partial charge in [-0.2, -0.15) is 5.10 Å². The van der Waals surface area contributed by atoms with Crippen LogP contribution >= 0.6 is 27.5 Å². The summed E-state index contributed by atoms with van der Waals surface area (Å²) in [5, 5.41) is 4.19. The van der Waals surface area contributed by atoms with Crippen LogP contribution in [0.15, 0.2) is 22.7 Å². The van der Waals surface area contributed by atoms with Gasteiger partial charge >= 0.3 is 0 Å². The van der Waals surface area contributed by atoms with Crippen molar-refractivity contribution in [3.05, 3.63) is 33.5 Å². The van der Waals surface area contributed by atoms with Crippen LogP contribution in [-0.4, -0.2) is 9.78 Å². The Morgan fingerprint density at radius 2 is 2.12 bits per heavy atom. The first-order valence-electron chi connectivity index (χ1n) is 4.43. The topological polar surface area (TPSA) is 43.8 Å². The van der Waals surface area contributed by atoms with Crippen LogP contribution in [0.4, 0.5) is 10.2 Å². The molecule has 0 aliphatic heterocycles. The van der Waals surface area contributed by atoms with Gasteiger partial charge in [-0.15, -0.1) is 0 Å². The van der Waals surface area contributed by atoms with Gasteiger partial charge in [0.25, 0.3) is 0 Å². The first-order valence-corrected chi connectivity index (χ1v) is 5.60. The highest BCUT2D eigenvalue weighted by molar-refractivity contribution is 9.10. The van der Waals surface area contributed by atoms with E-state index in [2.05, 4.69) is 21.0 Å². The van der Waals surface area contributed by atoms with Crippen molar-refractivity contribution < 1.29 is 4.39 Å². The molecular weight excluding hydrogens is 296 g/mol. The number of nitrogens with two attached hydrogens (primary N) is 1. The summed E-state index contributed by atoms with van der Waals surface area (Å²) in [6, 6.07) is 4.65. The number of aromatic nitrogens is 2. The SMILES string of the molecule is Cn1nc(-c2cc(Br)cc(F)c2Cl)cc1N. The normalized spacial score (nSPS) is 10.8. The summed E-state index contributed by atoms with van der Waals surface area (Å²) in [5.74, 6) is 0.00159. The fraction of sp³-hybridized carbons (Fsp3) is 0.100. The van der Waals surface area contributed by atoms with E-state index in [0.717, 1.165) is 0 Å². The third-order valence-corrected chi connectivity index (χ3v) is 3.03. The number of nitrogen functional groups attached to an aromatic ring is 1. The monoisotopic (exact) mass is 303 g/mol. The zero-order valence-electron chi connectivity index (χ0n) is 8.34. The van der Waals surface area contributed by atoms with Gasteiger partial charge in [0, 0.05) is 23.2 Å². The Morgan fingerprint density at radius 1 is 1.44 bits per heavy atom. The molecule has 0 spiro atoms. The Balaban J connectivity index is 2.63. The van der Waals surface area contributed by atoms with Crippen molar-refractivity contribution in [2.75, 3.05) is 5.73 Å². The quantitative estimate of drug-likeness (QED) is 0.822. The van der Waals surface area contributed by atoms with E-state index in [4.69, 9.17) is 17.3 Å². The van der Waals surface area contributed by atoms with Gasteiger partial charge in [0.05, 0.1) is 10.7 Å². The summed E-state index contributed by atoms with van der Waals surface area (Å²) in [7, 11) is 1.71. The lowest BCUT2D eigenvalue weighted by atomic mass is 10.1. The van der Waals surface area contributed by atoms with E-state index in [1.807, 2.05) is 0 Å². The van der Waals surface area contributed by atoms with Gasteiger partial charge in [0.1, 0.15) is 11.6 Å². The molecule has 0 aliphatic carbocycles. The van der Waals surface area contributed by atoms with Gasteiger partial charge in [-0.05, 0) is 12.1 Å². The fourth-order valence-electron chi connectivity index (χ4n) is 1.36. The molecule has 3 nitrogen and oxygen atoms in total. The molecule has 6 heteroatoms. The van der Waals surface area contributed by atoms with Crippen LogP contribution in [0, 0.1) is 5.82 Å². The lowest BCUT2D eigenvalue weighted by Crippen LogP contribution is -1.96. The molecule has 0 radical (unpaired) electrons. The van der Waals surface area contributed by atoms with Crippen LogP contribution in [-0.2, 0) is 7.05 Å². The average Bonchev–Trinajstić information content (AvgIpc) is 2.53. The summed E-state index contributed by atoms with van der Waals surface area (Å²) in [6.45, 7) is 0. The van der Waals surface area contributed by atoms with Crippen LogP contribution in [0.25, 0.3) is 11.3 Å². The van der Waals surface area contributed by atoms with Crippen LogP contribution in [0.1, 0.15) is 0 Å². The van der Waals surface area contributed by atoms with E-state index < -0.39 is 5.82 Å². The maximum atomic E-state index is 13.4. The average molecular weight is 305 g/mol. The molecule has 0 saturated carbocycles. The number of halogens is 3. The zero-order chi connectivity index (χ0) is 11.9. The van der Waals surface area contributed by atoms with E-state index in [0.29, 0.717) is 21.5 Å². The van der Waals surface area contributed by atoms with E-state index in [-0.39, 0.29) is 5.02 Å². The molecular formula is C10H8BrClFN3. The molecule has 1 aromatic carbocycles. The molecule has 0 atom stereocenters. The molecule has 2 aromatic rings. The number of aryl methyl sites for hydroxylation is 1. The number of hydrogen-bond acceptors (Lipinski definition) is 2. The van der Waals surface area contributed by atoms with Crippen molar-refractivity contribution in [2.45, 2.75) is 0 Å². The molecule has 0 fully saturated rings. The Bertz CT molecular complexity index is 534. The van der Waals surface area contributed by atoms with Gasteiger partial charge in [0.2, 0.25) is 0 Å². The maximum Gasteiger partial charge on any atom is 0.143 e. The van der Waals surface area contributed by atoms with Gasteiger partial charge < -0.3 is 5.73 Å². The van der Waals surface area contributed by atoms with E-state index in [1.54, 1.807) is 19.2 Å². The molecule has 0 bridgehead atoms. The van der Waals surface area contributed by atoms with Gasteiger partial charge in [0.15, 0.2) is 0 Å². The second-order valence-electron chi connectivity index (χ2n) is 3.33. The second kappa shape index (κ2) is 4.07. The second-order valence-corrected chi connectivity index (χ2v) is 4.62. The Labute approximate surface area is 105 Å². The molecule has 0 unspecified atom stereocenters. The standard InChI is InChI=1S/C10H8BrClFN3/c1-16-9(14)4-8(15-16)6-2-5(11)3-7(13)10(6)12/h2-4H,14H2,1H3. The van der Waals surface area contributed by atoms with Crippen LogP contribution in [0.3, 0.4) is 0 Å². The zero-order valence-corrected chi connectivity index (χ0v) is 10.7. The summed E-state index contributed by atoms with van der Waals surface area (Å²) in [4.78, 5) is 0. The first-order chi connectivity index (χ1) is 7.49. The summed E-state index contributed by atoms with van der Waals surface area (Å²) in [6.07, 6.45) is 0. The number of rotatable bonds is 1. The first kappa shape index (κ1) is 11.4. The van der Waals surface area contributed by atoms with Crippen LogP contribution < -0.4 is 5.73 Å². The number of nitrogens with zero attached hydrogens (tertiary/aromatic N) is 2. The van der Waals surface area contributed by atoms with Crippen LogP contribution in [0.2, 0.25) is 5.02 Å². The lowest BCUT2D eigenvalue weighted by molar-refractivity contribution is 0.627. The van der Waals surface area contributed by atoms with Gasteiger partial charge in [-0.1, -0.05) is 27.5 Å². The molecule has 16 heavy (non-hydrogen) atoms. The Hall–Kier alpha value is -1.07. The molecule has 0 amide bonds. The summed E-state index contributed by atoms with van der Waals surface area (Å²) in [5.41, 5.74) is 6.72. The number of anilines is 1. The maximum absolute atomic E-state index is 13.4. The van der Waals surface area contributed by atoms with Crippen molar-refractivity contribution >= 4 is 33.3 Å². The van der Waals surface area contributed by atoms with Crippen molar-refractivity contribution in [1.29, 1.82) is 0 Å². The highest BCUT2D eigenvalue weighted by Crippen LogP contribution is 2.32. The Morgan fingerprint density at radius 3 is 2.69 bits per heavy atom. The number of benzene rings is 1. The van der Waals surface area contributed by atoms with Crippen molar-refractivity contribution in [1.82, 2.24) is 9.78 Å².